The Morgan fingerprint density at radius 2 is 2.25 bits per heavy atom. The number of thiazole rings is 1. The summed E-state index contributed by atoms with van der Waals surface area (Å²) >= 11 is 1.71. The molecule has 0 saturated heterocycles. The number of aryl methyl sites for hydroxylation is 1. The first-order chi connectivity index (χ1) is 7.76. The number of benzene rings is 1. The van der Waals surface area contributed by atoms with E-state index in [4.69, 9.17) is 4.74 Å². The van der Waals surface area contributed by atoms with Crippen LogP contribution < -0.4 is 10.1 Å². The zero-order valence-corrected chi connectivity index (χ0v) is 10.6. The van der Waals surface area contributed by atoms with Crippen molar-refractivity contribution in [3.63, 3.8) is 0 Å². The molecule has 0 spiro atoms. The maximum atomic E-state index is 5.49. The average Bonchev–Trinajstić information content (AvgIpc) is 2.65. The Morgan fingerprint density at radius 3 is 2.94 bits per heavy atom. The van der Waals surface area contributed by atoms with E-state index < -0.39 is 0 Å². The van der Waals surface area contributed by atoms with E-state index in [1.165, 1.54) is 10.3 Å². The van der Waals surface area contributed by atoms with E-state index in [9.17, 15) is 0 Å². The van der Waals surface area contributed by atoms with E-state index in [0.29, 0.717) is 0 Å². The number of hydrogen-bond acceptors (Lipinski definition) is 4. The maximum Gasteiger partial charge on any atom is 0.149 e. The van der Waals surface area contributed by atoms with Crippen molar-refractivity contribution in [1.29, 1.82) is 0 Å². The predicted molar refractivity (Wildman–Crippen MR) is 68.5 cm³/mol. The van der Waals surface area contributed by atoms with Crippen molar-refractivity contribution >= 4 is 21.6 Å². The zero-order valence-electron chi connectivity index (χ0n) is 9.83. The van der Waals surface area contributed by atoms with E-state index in [-0.39, 0.29) is 0 Å². The van der Waals surface area contributed by atoms with Gasteiger partial charge in [0.05, 0.1) is 16.8 Å². The van der Waals surface area contributed by atoms with Crippen molar-refractivity contribution in [3.05, 3.63) is 22.7 Å². The monoisotopic (exact) mass is 236 g/mol. The van der Waals surface area contributed by atoms with E-state index >= 15 is 0 Å². The molecule has 0 fully saturated rings. The topological polar surface area (TPSA) is 34.2 Å². The van der Waals surface area contributed by atoms with Gasteiger partial charge in [-0.3, -0.25) is 0 Å². The van der Waals surface area contributed by atoms with Gasteiger partial charge in [-0.05, 0) is 38.6 Å². The van der Waals surface area contributed by atoms with Crippen LogP contribution >= 0.6 is 11.3 Å². The minimum atomic E-state index is 0.928. The Kier molecular flexibility index (Phi) is 3.41. The largest absolute Gasteiger partial charge is 0.494 e. The van der Waals surface area contributed by atoms with E-state index in [0.717, 1.165) is 29.2 Å². The van der Waals surface area contributed by atoms with Crippen molar-refractivity contribution in [2.75, 3.05) is 20.7 Å². The molecule has 0 radical (unpaired) electrons. The molecule has 4 heteroatoms. The summed E-state index contributed by atoms with van der Waals surface area (Å²) in [5, 5.41) is 4.23. The fourth-order valence-electron chi connectivity index (χ4n) is 1.81. The van der Waals surface area contributed by atoms with Gasteiger partial charge in [0.15, 0.2) is 0 Å². The molecule has 0 aliphatic heterocycles. The molecule has 0 amide bonds. The summed E-state index contributed by atoms with van der Waals surface area (Å²) in [5.74, 6) is 0.928. The van der Waals surface area contributed by atoms with Gasteiger partial charge < -0.3 is 10.1 Å². The lowest BCUT2D eigenvalue weighted by Crippen LogP contribution is -2.10. The number of methoxy groups -OCH3 is 1. The Balaban J connectivity index is 2.49. The third-order valence-electron chi connectivity index (χ3n) is 2.55. The number of rotatable bonds is 4. The lowest BCUT2D eigenvalue weighted by atomic mass is 10.1. The fraction of sp³-hybridized carbons (Fsp3) is 0.417. The minimum Gasteiger partial charge on any atom is -0.494 e. The van der Waals surface area contributed by atoms with Crippen molar-refractivity contribution in [3.8, 4) is 5.75 Å². The first-order valence-corrected chi connectivity index (χ1v) is 6.15. The van der Waals surface area contributed by atoms with Crippen molar-refractivity contribution in [2.24, 2.45) is 0 Å². The normalized spacial score (nSPS) is 10.9. The van der Waals surface area contributed by atoms with Crippen LogP contribution in [-0.4, -0.2) is 25.7 Å². The molecule has 0 atom stereocenters. The molecule has 0 aliphatic carbocycles. The van der Waals surface area contributed by atoms with Crippen molar-refractivity contribution in [1.82, 2.24) is 10.3 Å². The number of likely N-dealkylation sites (N-methyl/N-ethyl adjacent to an activating group) is 1. The van der Waals surface area contributed by atoms with Gasteiger partial charge in [0.2, 0.25) is 0 Å². The molecule has 0 unspecified atom stereocenters. The highest BCUT2D eigenvalue weighted by atomic mass is 32.1. The highest BCUT2D eigenvalue weighted by molar-refractivity contribution is 7.18. The summed E-state index contributed by atoms with van der Waals surface area (Å²) < 4.78 is 6.68. The number of aromatic nitrogens is 1. The molecule has 0 aliphatic rings. The van der Waals surface area contributed by atoms with Gasteiger partial charge in [-0.25, -0.2) is 4.98 Å². The number of ether oxygens (including phenoxy) is 1. The van der Waals surface area contributed by atoms with E-state index in [2.05, 4.69) is 22.4 Å². The zero-order chi connectivity index (χ0) is 11.5. The Morgan fingerprint density at radius 1 is 1.44 bits per heavy atom. The van der Waals surface area contributed by atoms with Crippen LogP contribution in [0.4, 0.5) is 0 Å². The highest BCUT2D eigenvalue weighted by Crippen LogP contribution is 2.32. The first-order valence-electron chi connectivity index (χ1n) is 5.34. The fourth-order valence-corrected chi connectivity index (χ4v) is 2.63. The van der Waals surface area contributed by atoms with Crippen LogP contribution in [0.3, 0.4) is 0 Å². The Bertz CT molecular complexity index is 493. The molecule has 0 saturated carbocycles. The lowest BCUT2D eigenvalue weighted by Gasteiger charge is -2.08. The second-order valence-electron chi connectivity index (χ2n) is 3.69. The second kappa shape index (κ2) is 4.80. The number of nitrogens with zero attached hydrogens (tertiary/aromatic N) is 1. The summed E-state index contributed by atoms with van der Waals surface area (Å²) in [6.45, 7) is 2.97. The minimum absolute atomic E-state index is 0.928. The van der Waals surface area contributed by atoms with Crippen LogP contribution in [0.1, 0.15) is 10.6 Å². The van der Waals surface area contributed by atoms with Crippen LogP contribution in [0, 0.1) is 6.92 Å². The average molecular weight is 236 g/mol. The molecule has 1 aromatic carbocycles. The predicted octanol–water partition coefficient (Wildman–Crippen LogP) is 2.38. The van der Waals surface area contributed by atoms with Crippen LogP contribution in [-0.2, 0) is 6.42 Å². The van der Waals surface area contributed by atoms with E-state index in [1.54, 1.807) is 18.4 Å². The van der Waals surface area contributed by atoms with Gasteiger partial charge in [-0.1, -0.05) is 6.07 Å². The van der Waals surface area contributed by atoms with Gasteiger partial charge in [0.25, 0.3) is 0 Å². The van der Waals surface area contributed by atoms with Gasteiger partial charge in [-0.2, -0.15) is 0 Å². The van der Waals surface area contributed by atoms with Crippen LogP contribution in [0.25, 0.3) is 10.2 Å². The molecule has 2 aromatic rings. The van der Waals surface area contributed by atoms with Crippen molar-refractivity contribution < 1.29 is 4.74 Å². The van der Waals surface area contributed by atoms with Gasteiger partial charge >= 0.3 is 0 Å². The molecule has 1 N–H and O–H groups in total. The summed E-state index contributed by atoms with van der Waals surface area (Å²) in [6.07, 6.45) is 0.964. The van der Waals surface area contributed by atoms with Gasteiger partial charge in [0, 0.05) is 0 Å². The highest BCUT2D eigenvalue weighted by Gasteiger charge is 2.11. The number of nitrogens with one attached hydrogen (secondary N) is 1. The van der Waals surface area contributed by atoms with Gasteiger partial charge in [0.1, 0.15) is 11.3 Å². The Hall–Kier alpha value is -1.13. The molecule has 16 heavy (non-hydrogen) atoms. The van der Waals surface area contributed by atoms with Crippen molar-refractivity contribution in [2.45, 2.75) is 13.3 Å². The summed E-state index contributed by atoms with van der Waals surface area (Å²) in [6, 6.07) is 4.27. The van der Waals surface area contributed by atoms with Crippen LogP contribution in [0.5, 0.6) is 5.75 Å². The third-order valence-corrected chi connectivity index (χ3v) is 3.49. The second-order valence-corrected chi connectivity index (χ2v) is 4.93. The molecular formula is C12H16N2OS. The molecule has 0 bridgehead atoms. The molecule has 86 valence electrons. The SMILES string of the molecule is CNCCc1ccc2sc(C)nc2c1OC. The van der Waals surface area contributed by atoms with Gasteiger partial charge in [-0.15, -0.1) is 11.3 Å². The summed E-state index contributed by atoms with van der Waals surface area (Å²) in [4.78, 5) is 4.53. The summed E-state index contributed by atoms with van der Waals surface area (Å²) in [7, 11) is 3.67. The van der Waals surface area contributed by atoms with Crippen LogP contribution in [0.2, 0.25) is 0 Å². The number of fused-ring (bicyclic) bond motifs is 1. The van der Waals surface area contributed by atoms with Crippen LogP contribution in [0.15, 0.2) is 12.1 Å². The standard InChI is InChI=1S/C12H16N2OS/c1-8-14-11-10(16-8)5-4-9(6-7-13-2)12(11)15-3/h4-5,13H,6-7H2,1-3H3. The third kappa shape index (κ3) is 2.03. The lowest BCUT2D eigenvalue weighted by molar-refractivity contribution is 0.413. The molecule has 2 rings (SSSR count). The summed E-state index contributed by atoms with van der Waals surface area (Å²) in [5.41, 5.74) is 2.22. The number of hydrogen-bond donors (Lipinski definition) is 1. The molecule has 3 nitrogen and oxygen atoms in total. The molecule has 1 aromatic heterocycles. The first kappa shape index (κ1) is 11.4. The molecule has 1 heterocycles. The van der Waals surface area contributed by atoms with E-state index in [1.807, 2.05) is 14.0 Å². The quantitative estimate of drug-likeness (QED) is 0.885. The maximum absolute atomic E-state index is 5.49. The molecular weight excluding hydrogens is 220 g/mol. The Labute approximate surface area is 99.5 Å². The smallest absolute Gasteiger partial charge is 0.149 e.